The summed E-state index contributed by atoms with van der Waals surface area (Å²) in [4.78, 5) is 15.7. The summed E-state index contributed by atoms with van der Waals surface area (Å²) in [5.74, 6) is 0.484. The second-order valence-corrected chi connectivity index (χ2v) is 7.99. The van der Waals surface area contributed by atoms with Crippen molar-refractivity contribution < 1.29 is 22.3 Å². The fourth-order valence-corrected chi connectivity index (χ4v) is 3.35. The van der Waals surface area contributed by atoms with E-state index in [1.165, 1.54) is 24.4 Å². The molecule has 0 fully saturated rings. The largest absolute Gasteiger partial charge is 0.490 e. The molecule has 0 saturated heterocycles. The summed E-state index contributed by atoms with van der Waals surface area (Å²) in [6.07, 6.45) is 1.34. The number of sulfonamides is 1. The Morgan fingerprint density at radius 2 is 2.00 bits per heavy atom. The molecule has 0 unspecified atom stereocenters. The van der Waals surface area contributed by atoms with E-state index in [-0.39, 0.29) is 16.6 Å². The molecule has 10 heteroatoms. The maximum absolute atomic E-state index is 12.4. The number of nitrogens with one attached hydrogen (secondary N) is 2. The van der Waals surface area contributed by atoms with Gasteiger partial charge in [-0.1, -0.05) is 0 Å². The highest BCUT2D eigenvalue weighted by atomic mass is 32.2. The van der Waals surface area contributed by atoms with E-state index in [2.05, 4.69) is 14.9 Å². The average Bonchev–Trinajstić information content (AvgIpc) is 3.02. The van der Waals surface area contributed by atoms with Crippen LogP contribution in [0.15, 0.2) is 55.6 Å². The maximum atomic E-state index is 12.4. The van der Waals surface area contributed by atoms with Crippen molar-refractivity contribution in [3.63, 3.8) is 0 Å². The zero-order valence-corrected chi connectivity index (χ0v) is 16.9. The Balaban J connectivity index is 1.78. The molecule has 2 aromatic carbocycles. The minimum atomic E-state index is -3.94. The monoisotopic (exact) mass is 419 g/mol. The van der Waals surface area contributed by atoms with E-state index in [9.17, 15) is 13.2 Å². The Kier molecular flexibility index (Phi) is 5.92. The quantitative estimate of drug-likeness (QED) is 0.427. The van der Waals surface area contributed by atoms with Crippen molar-refractivity contribution in [2.45, 2.75) is 31.8 Å². The molecule has 3 rings (SSSR count). The molecule has 2 N–H and O–H groups in total. The Labute approximate surface area is 167 Å². The van der Waals surface area contributed by atoms with Crippen LogP contribution in [0.3, 0.4) is 0 Å². The highest BCUT2D eigenvalue weighted by molar-refractivity contribution is 7.89. The number of benzene rings is 2. The first kappa shape index (κ1) is 20.5. The fraction of sp³-hybridized carbons (Fsp3) is 0.263. The number of hydrogen-bond acceptors (Lipinski definition) is 7. The molecular formula is C19H21N3O6S. The lowest BCUT2D eigenvalue weighted by atomic mass is 10.2. The standard InChI is InChI=1S/C19H21N3O6S/c1-4-26-18-9-13(5-8-16(18)27-12(2)3)11-20-22-29(24,25)14-6-7-15-17(10-14)28-19(23)21-15/h5-12,22H,4H2,1-3H3,(H,21,23)/b20-11+. The summed E-state index contributed by atoms with van der Waals surface area (Å²) >= 11 is 0. The third kappa shape index (κ3) is 4.96. The number of hydrogen-bond donors (Lipinski definition) is 2. The predicted molar refractivity (Wildman–Crippen MR) is 108 cm³/mol. The lowest BCUT2D eigenvalue weighted by molar-refractivity contribution is 0.224. The summed E-state index contributed by atoms with van der Waals surface area (Å²) in [6, 6.07) is 9.22. The Bertz CT molecular complexity index is 1190. The number of oxazole rings is 1. The average molecular weight is 419 g/mol. The number of H-pyrrole nitrogens is 1. The first-order chi connectivity index (χ1) is 13.8. The number of aromatic amines is 1. The molecule has 1 heterocycles. The first-order valence-corrected chi connectivity index (χ1v) is 10.4. The second kappa shape index (κ2) is 8.39. The van der Waals surface area contributed by atoms with Crippen molar-refractivity contribution in [1.82, 2.24) is 9.82 Å². The van der Waals surface area contributed by atoms with Gasteiger partial charge in [0.05, 0.1) is 29.3 Å². The van der Waals surface area contributed by atoms with Gasteiger partial charge in [0, 0.05) is 6.07 Å². The Hall–Kier alpha value is -3.27. The van der Waals surface area contributed by atoms with E-state index >= 15 is 0 Å². The number of fused-ring (bicyclic) bond motifs is 1. The van der Waals surface area contributed by atoms with Crippen molar-refractivity contribution >= 4 is 27.3 Å². The molecule has 1 aromatic heterocycles. The summed E-state index contributed by atoms with van der Waals surface area (Å²) < 4.78 is 41.0. The van der Waals surface area contributed by atoms with Gasteiger partial charge in [-0.15, -0.1) is 0 Å². The first-order valence-electron chi connectivity index (χ1n) is 8.89. The zero-order chi connectivity index (χ0) is 21.0. The topological polar surface area (TPSA) is 123 Å². The van der Waals surface area contributed by atoms with Gasteiger partial charge in [-0.25, -0.2) is 9.63 Å². The van der Waals surface area contributed by atoms with E-state index in [4.69, 9.17) is 13.9 Å². The predicted octanol–water partition coefficient (Wildman–Crippen LogP) is 2.62. The molecule has 0 spiro atoms. The number of aromatic nitrogens is 1. The fourth-order valence-electron chi connectivity index (χ4n) is 2.54. The van der Waals surface area contributed by atoms with Crippen LogP contribution in [0.2, 0.25) is 0 Å². The van der Waals surface area contributed by atoms with Crippen LogP contribution in [0.25, 0.3) is 11.1 Å². The van der Waals surface area contributed by atoms with E-state index in [1.54, 1.807) is 18.2 Å². The van der Waals surface area contributed by atoms with Crippen LogP contribution >= 0.6 is 0 Å². The van der Waals surface area contributed by atoms with E-state index in [1.807, 2.05) is 20.8 Å². The zero-order valence-electron chi connectivity index (χ0n) is 16.1. The van der Waals surface area contributed by atoms with E-state index in [0.29, 0.717) is 29.2 Å². The molecule has 0 saturated carbocycles. The van der Waals surface area contributed by atoms with Crippen LogP contribution in [0, 0.1) is 0 Å². The molecule has 0 amide bonds. The van der Waals surface area contributed by atoms with Crippen LogP contribution in [0.1, 0.15) is 26.3 Å². The molecule has 9 nitrogen and oxygen atoms in total. The molecule has 0 aliphatic rings. The van der Waals surface area contributed by atoms with Crippen LogP contribution < -0.4 is 20.1 Å². The minimum Gasteiger partial charge on any atom is -0.490 e. The van der Waals surface area contributed by atoms with Gasteiger partial charge in [0.1, 0.15) is 0 Å². The van der Waals surface area contributed by atoms with Crippen LogP contribution in [-0.2, 0) is 10.0 Å². The maximum Gasteiger partial charge on any atom is 0.417 e. The molecular weight excluding hydrogens is 398 g/mol. The van der Waals surface area contributed by atoms with Gasteiger partial charge in [-0.2, -0.15) is 13.5 Å². The van der Waals surface area contributed by atoms with Gasteiger partial charge < -0.3 is 13.9 Å². The summed E-state index contributed by atoms with van der Waals surface area (Å²) in [6.45, 7) is 6.14. The van der Waals surface area contributed by atoms with Crippen molar-refractivity contribution in [3.05, 3.63) is 52.5 Å². The smallest absolute Gasteiger partial charge is 0.417 e. The van der Waals surface area contributed by atoms with Crippen molar-refractivity contribution in [2.24, 2.45) is 5.10 Å². The van der Waals surface area contributed by atoms with Gasteiger partial charge >= 0.3 is 5.76 Å². The van der Waals surface area contributed by atoms with Gasteiger partial charge in [0.2, 0.25) is 0 Å². The highest BCUT2D eigenvalue weighted by Crippen LogP contribution is 2.29. The normalized spacial score (nSPS) is 12.0. The summed E-state index contributed by atoms with van der Waals surface area (Å²) in [7, 11) is -3.94. The number of nitrogens with zero attached hydrogens (tertiary/aromatic N) is 1. The van der Waals surface area contributed by atoms with Gasteiger partial charge in [0.25, 0.3) is 10.0 Å². The second-order valence-electron chi connectivity index (χ2n) is 6.33. The molecule has 154 valence electrons. The number of rotatable bonds is 8. The summed E-state index contributed by atoms with van der Waals surface area (Å²) in [5, 5.41) is 3.81. The lowest BCUT2D eigenvalue weighted by Crippen LogP contribution is -2.18. The van der Waals surface area contributed by atoms with Crippen LogP contribution in [0.5, 0.6) is 11.5 Å². The third-order valence-electron chi connectivity index (χ3n) is 3.72. The van der Waals surface area contributed by atoms with Crippen molar-refractivity contribution in [2.75, 3.05) is 6.61 Å². The highest BCUT2D eigenvalue weighted by Gasteiger charge is 2.15. The summed E-state index contributed by atoms with van der Waals surface area (Å²) in [5.41, 5.74) is 1.17. The molecule has 0 atom stereocenters. The lowest BCUT2D eigenvalue weighted by Gasteiger charge is -2.14. The molecule has 29 heavy (non-hydrogen) atoms. The van der Waals surface area contributed by atoms with Crippen LogP contribution in [0.4, 0.5) is 0 Å². The SMILES string of the molecule is CCOc1cc(/C=N/NS(=O)(=O)c2ccc3[nH]c(=O)oc3c2)ccc1OC(C)C. The number of ether oxygens (including phenoxy) is 2. The minimum absolute atomic E-state index is 0.0117. The molecule has 0 aliphatic carbocycles. The molecule has 3 aromatic rings. The molecule has 0 aliphatic heterocycles. The third-order valence-corrected chi connectivity index (χ3v) is 4.94. The number of hydrazone groups is 1. The van der Waals surface area contributed by atoms with Crippen LogP contribution in [-0.4, -0.2) is 32.3 Å². The van der Waals surface area contributed by atoms with Gasteiger partial charge in [-0.05, 0) is 56.7 Å². The Morgan fingerprint density at radius 1 is 1.21 bits per heavy atom. The van der Waals surface area contributed by atoms with E-state index < -0.39 is 15.8 Å². The van der Waals surface area contributed by atoms with Crippen molar-refractivity contribution in [1.29, 1.82) is 0 Å². The van der Waals surface area contributed by atoms with E-state index in [0.717, 1.165) is 0 Å². The van der Waals surface area contributed by atoms with Crippen molar-refractivity contribution in [3.8, 4) is 11.5 Å². The molecule has 0 radical (unpaired) electrons. The molecule has 0 bridgehead atoms. The van der Waals surface area contributed by atoms with Gasteiger partial charge in [-0.3, -0.25) is 4.98 Å². The Morgan fingerprint density at radius 3 is 2.72 bits per heavy atom. The van der Waals surface area contributed by atoms with Gasteiger partial charge in [0.15, 0.2) is 17.1 Å².